The number of amides is 2. The number of benzene rings is 2. The Labute approximate surface area is 225 Å². The van der Waals surface area contributed by atoms with E-state index in [0.29, 0.717) is 41.8 Å². The van der Waals surface area contributed by atoms with Gasteiger partial charge in [0.15, 0.2) is 5.82 Å². The number of aromatic amines is 1. The Morgan fingerprint density at radius 2 is 1.89 bits per heavy atom. The fourth-order valence-corrected chi connectivity index (χ4v) is 6.93. The molecule has 2 N–H and O–H groups in total. The van der Waals surface area contributed by atoms with Crippen molar-refractivity contribution >= 4 is 29.1 Å². The van der Waals surface area contributed by atoms with Crippen molar-refractivity contribution in [2.24, 2.45) is 16.8 Å². The molecule has 3 aromatic rings. The number of hydrogen-bond acceptors (Lipinski definition) is 4. The van der Waals surface area contributed by atoms with Crippen LogP contribution in [0.15, 0.2) is 41.4 Å². The molecular formula is C28H30ClFN6O2. The molecule has 1 aromatic heterocycles. The van der Waals surface area contributed by atoms with Crippen LogP contribution < -0.4 is 5.32 Å². The van der Waals surface area contributed by atoms with Crippen molar-refractivity contribution in [1.82, 2.24) is 25.2 Å². The van der Waals surface area contributed by atoms with Crippen LogP contribution >= 0.6 is 11.6 Å². The van der Waals surface area contributed by atoms with Crippen molar-refractivity contribution in [3.63, 3.8) is 0 Å². The summed E-state index contributed by atoms with van der Waals surface area (Å²) in [5.74, 6) is 0.507. The molecule has 6 rings (SSSR count). The minimum atomic E-state index is -0.757. The molecule has 3 heterocycles. The summed E-state index contributed by atoms with van der Waals surface area (Å²) in [4.78, 5) is 34.0. The van der Waals surface area contributed by atoms with Gasteiger partial charge in [0, 0.05) is 21.7 Å². The monoisotopic (exact) mass is 536 g/mol. The molecule has 38 heavy (non-hydrogen) atoms. The van der Waals surface area contributed by atoms with Crippen molar-refractivity contribution in [3.8, 4) is 5.69 Å². The van der Waals surface area contributed by atoms with Crippen LogP contribution in [0.2, 0.25) is 5.02 Å². The second-order valence-electron chi connectivity index (χ2n) is 11.0. The molecule has 0 radical (unpaired) electrons. The van der Waals surface area contributed by atoms with E-state index in [0.717, 1.165) is 30.5 Å². The Morgan fingerprint density at radius 1 is 1.13 bits per heavy atom. The molecule has 10 heteroatoms. The van der Waals surface area contributed by atoms with E-state index in [1.54, 1.807) is 12.1 Å². The summed E-state index contributed by atoms with van der Waals surface area (Å²) in [6.45, 7) is 6.75. The number of fused-ring (bicyclic) bond motifs is 4. The van der Waals surface area contributed by atoms with Crippen LogP contribution in [0.25, 0.3) is 5.69 Å². The SMILES string of the molecule is CC[C@H](c1ccc2cc1-n1[nH]nc1CNC2=O)N1C(=O)C(c2cc(F)cc(Cl)c2)=NC12CC(C)CC(C)C2. The predicted molar refractivity (Wildman–Crippen MR) is 142 cm³/mol. The van der Waals surface area contributed by atoms with Gasteiger partial charge in [0.25, 0.3) is 11.8 Å². The number of aliphatic imine (C=N–C) groups is 1. The molecule has 3 atom stereocenters. The maximum Gasteiger partial charge on any atom is 0.275 e. The van der Waals surface area contributed by atoms with Gasteiger partial charge in [-0.15, -0.1) is 5.10 Å². The molecule has 2 amide bonds. The molecule has 1 spiro atoms. The summed E-state index contributed by atoms with van der Waals surface area (Å²) in [6, 6.07) is 9.38. The van der Waals surface area contributed by atoms with E-state index in [1.807, 2.05) is 28.6 Å². The summed E-state index contributed by atoms with van der Waals surface area (Å²) in [5.41, 5.74) is 2.11. The van der Waals surface area contributed by atoms with Crippen LogP contribution in [0, 0.1) is 17.7 Å². The Morgan fingerprint density at radius 3 is 2.55 bits per heavy atom. The number of halogens is 2. The number of carbonyl (C=O) groups is 2. The van der Waals surface area contributed by atoms with Gasteiger partial charge < -0.3 is 10.2 Å². The normalized spacial score (nSPS) is 25.6. The average molecular weight is 537 g/mol. The first-order valence-electron chi connectivity index (χ1n) is 13.1. The number of nitrogens with one attached hydrogen (secondary N) is 2. The number of carbonyl (C=O) groups excluding carboxylic acids is 2. The van der Waals surface area contributed by atoms with Gasteiger partial charge >= 0.3 is 0 Å². The van der Waals surface area contributed by atoms with Crippen LogP contribution in [0.3, 0.4) is 0 Å². The molecule has 3 aliphatic rings. The number of hydrogen-bond donors (Lipinski definition) is 2. The molecule has 8 nitrogen and oxygen atoms in total. The molecule has 2 aliphatic heterocycles. The molecule has 1 saturated carbocycles. The van der Waals surface area contributed by atoms with E-state index in [1.165, 1.54) is 12.1 Å². The van der Waals surface area contributed by atoms with E-state index in [9.17, 15) is 14.0 Å². The van der Waals surface area contributed by atoms with E-state index >= 15 is 0 Å². The Kier molecular flexibility index (Phi) is 5.94. The Hall–Kier alpha value is -3.46. The minimum absolute atomic E-state index is 0.169. The van der Waals surface area contributed by atoms with Crippen molar-refractivity contribution in [1.29, 1.82) is 0 Å². The van der Waals surface area contributed by atoms with Crippen molar-refractivity contribution in [2.75, 3.05) is 0 Å². The molecule has 1 fully saturated rings. The molecule has 2 aromatic carbocycles. The number of nitrogens with zero attached hydrogens (tertiary/aromatic N) is 4. The average Bonchev–Trinajstić information content (AvgIpc) is 3.09. The summed E-state index contributed by atoms with van der Waals surface area (Å²) in [5, 5.41) is 10.3. The maximum atomic E-state index is 14.4. The summed E-state index contributed by atoms with van der Waals surface area (Å²) >= 11 is 6.18. The third-order valence-corrected chi connectivity index (χ3v) is 8.23. The van der Waals surface area contributed by atoms with Gasteiger partial charge in [0.2, 0.25) is 0 Å². The van der Waals surface area contributed by atoms with Gasteiger partial charge in [0.1, 0.15) is 17.2 Å². The van der Waals surface area contributed by atoms with Gasteiger partial charge in [0.05, 0.1) is 18.3 Å². The van der Waals surface area contributed by atoms with Crippen LogP contribution in [-0.4, -0.2) is 43.1 Å². The number of rotatable bonds is 4. The lowest BCUT2D eigenvalue weighted by Gasteiger charge is -2.47. The van der Waals surface area contributed by atoms with E-state index in [-0.39, 0.29) is 28.6 Å². The lowest BCUT2D eigenvalue weighted by Crippen LogP contribution is -2.52. The van der Waals surface area contributed by atoms with Crippen molar-refractivity contribution < 1.29 is 14.0 Å². The van der Waals surface area contributed by atoms with Crippen LogP contribution in [0.4, 0.5) is 4.39 Å². The first kappa shape index (κ1) is 24.9. The Balaban J connectivity index is 1.51. The second-order valence-corrected chi connectivity index (χ2v) is 11.4. The topological polar surface area (TPSA) is 95.4 Å². The van der Waals surface area contributed by atoms with Gasteiger partial charge in [-0.2, -0.15) is 0 Å². The largest absolute Gasteiger partial charge is 0.345 e. The third kappa shape index (κ3) is 3.95. The highest BCUT2D eigenvalue weighted by atomic mass is 35.5. The highest BCUT2D eigenvalue weighted by Crippen LogP contribution is 2.49. The van der Waals surface area contributed by atoms with Crippen molar-refractivity contribution in [3.05, 3.63) is 69.8 Å². The molecule has 2 unspecified atom stereocenters. The van der Waals surface area contributed by atoms with Crippen molar-refractivity contribution in [2.45, 2.75) is 64.7 Å². The molecule has 0 saturated heterocycles. The van der Waals surface area contributed by atoms with Gasteiger partial charge in [-0.25, -0.2) is 14.3 Å². The van der Waals surface area contributed by atoms with Gasteiger partial charge in [-0.3, -0.25) is 14.6 Å². The lowest BCUT2D eigenvalue weighted by atomic mass is 9.75. The smallest absolute Gasteiger partial charge is 0.275 e. The van der Waals surface area contributed by atoms with E-state index in [2.05, 4.69) is 29.5 Å². The number of H-pyrrole nitrogens is 1. The lowest BCUT2D eigenvalue weighted by molar-refractivity contribution is -0.134. The zero-order valence-electron chi connectivity index (χ0n) is 21.6. The Bertz CT molecular complexity index is 1450. The number of aromatic nitrogens is 3. The van der Waals surface area contributed by atoms with Crippen LogP contribution in [0.1, 0.15) is 79.8 Å². The van der Waals surface area contributed by atoms with E-state index in [4.69, 9.17) is 16.6 Å². The molecule has 1 aliphatic carbocycles. The molecular weight excluding hydrogens is 507 g/mol. The minimum Gasteiger partial charge on any atom is -0.345 e. The quantitative estimate of drug-likeness (QED) is 0.481. The fourth-order valence-electron chi connectivity index (χ4n) is 6.71. The maximum absolute atomic E-state index is 14.4. The summed E-state index contributed by atoms with van der Waals surface area (Å²) in [7, 11) is 0. The highest BCUT2D eigenvalue weighted by molar-refractivity contribution is 6.47. The van der Waals surface area contributed by atoms with Crippen LogP contribution in [-0.2, 0) is 11.3 Å². The zero-order valence-corrected chi connectivity index (χ0v) is 22.3. The van der Waals surface area contributed by atoms with E-state index < -0.39 is 11.5 Å². The van der Waals surface area contributed by atoms with Crippen LogP contribution in [0.5, 0.6) is 0 Å². The van der Waals surface area contributed by atoms with Gasteiger partial charge in [-0.1, -0.05) is 38.4 Å². The third-order valence-electron chi connectivity index (χ3n) is 8.02. The molecule has 198 valence electrons. The fraction of sp³-hybridized carbons (Fsp3) is 0.429. The standard InChI is InChI=1S/C28H30ClFN6O2/c1-4-22(21-6-5-17-10-23(21)36-24(33-34-36)14-31-26(17)37)35-27(38)25(18-8-19(29)11-20(30)9-18)32-28(35)12-15(2)7-16(3)13-28/h5-6,8-11,15-16,22,34H,4,7,12-14H2,1-3H3,(H,31,37)/t15?,16?,22-,28?/m1/s1. The first-order chi connectivity index (χ1) is 18.2. The zero-order chi connectivity index (χ0) is 26.8. The second kappa shape index (κ2) is 9.08. The highest BCUT2D eigenvalue weighted by Gasteiger charge is 2.53. The first-order valence-corrected chi connectivity index (χ1v) is 13.5. The summed E-state index contributed by atoms with van der Waals surface area (Å²) < 4.78 is 16.2. The summed E-state index contributed by atoms with van der Waals surface area (Å²) in [6.07, 6.45) is 3.12. The predicted octanol–water partition coefficient (Wildman–Crippen LogP) is 5.17. The van der Waals surface area contributed by atoms with Gasteiger partial charge in [-0.05, 0) is 67.9 Å². The molecule has 2 bridgehead atoms.